The molecule has 6 heteroatoms. The Kier molecular flexibility index (Phi) is 5.68. The van der Waals surface area contributed by atoms with Gasteiger partial charge in [-0.05, 0) is 37.8 Å². The Morgan fingerprint density at radius 3 is 2.28 bits per heavy atom. The van der Waals surface area contributed by atoms with Crippen molar-refractivity contribution >= 4 is 17.7 Å². The minimum absolute atomic E-state index is 0.0658. The molecule has 3 N–H and O–H groups in total. The topological polar surface area (TPSA) is 87.3 Å². The molecule has 3 rings (SSSR count). The van der Waals surface area contributed by atoms with Crippen LogP contribution in [0.15, 0.2) is 30.3 Å². The summed E-state index contributed by atoms with van der Waals surface area (Å²) in [5.41, 5.74) is 0.623. The average Bonchev–Trinajstić information content (AvgIpc) is 2.64. The zero-order valence-corrected chi connectivity index (χ0v) is 14.3. The largest absolute Gasteiger partial charge is 0.350 e. The molecule has 0 bridgehead atoms. The maximum Gasteiger partial charge on any atom is 0.251 e. The summed E-state index contributed by atoms with van der Waals surface area (Å²) in [6, 6.07) is 8.48. The summed E-state index contributed by atoms with van der Waals surface area (Å²) in [4.78, 5) is 36.4. The van der Waals surface area contributed by atoms with Gasteiger partial charge in [0.1, 0.15) is 6.04 Å². The lowest BCUT2D eigenvalue weighted by Crippen LogP contribution is -2.57. The molecule has 0 spiro atoms. The molecular weight excluding hydrogens is 318 g/mol. The van der Waals surface area contributed by atoms with E-state index in [1.165, 1.54) is 0 Å². The number of rotatable bonds is 4. The molecule has 0 aromatic heterocycles. The van der Waals surface area contributed by atoms with Gasteiger partial charge in [-0.1, -0.05) is 31.0 Å². The second-order valence-corrected chi connectivity index (χ2v) is 6.86. The lowest BCUT2D eigenvalue weighted by molar-refractivity contribution is -0.131. The summed E-state index contributed by atoms with van der Waals surface area (Å²) >= 11 is 0. The predicted molar refractivity (Wildman–Crippen MR) is 93.9 cm³/mol. The molecule has 1 aromatic carbocycles. The minimum Gasteiger partial charge on any atom is -0.350 e. The van der Waals surface area contributed by atoms with Crippen molar-refractivity contribution in [3.8, 4) is 0 Å². The maximum absolute atomic E-state index is 12.5. The van der Waals surface area contributed by atoms with Crippen LogP contribution in [-0.4, -0.2) is 35.8 Å². The highest BCUT2D eigenvalue weighted by Crippen LogP contribution is 2.20. The highest BCUT2D eigenvalue weighted by Gasteiger charge is 2.31. The van der Waals surface area contributed by atoms with Crippen molar-refractivity contribution in [2.24, 2.45) is 0 Å². The number of amides is 3. The van der Waals surface area contributed by atoms with Crippen LogP contribution in [0.4, 0.5) is 0 Å². The molecule has 1 saturated heterocycles. The highest BCUT2D eigenvalue weighted by atomic mass is 16.2. The number of benzene rings is 1. The third-order valence-electron chi connectivity index (χ3n) is 4.99. The smallest absolute Gasteiger partial charge is 0.251 e. The normalized spacial score (nSPS) is 26.4. The molecule has 0 radical (unpaired) electrons. The second kappa shape index (κ2) is 8.14. The summed E-state index contributed by atoms with van der Waals surface area (Å²) in [7, 11) is 0. The van der Waals surface area contributed by atoms with Gasteiger partial charge in [0, 0.05) is 24.1 Å². The molecular formula is C19H25N3O3. The number of carbonyl (C=O) groups excluding carboxylic acids is 3. The molecule has 6 nitrogen and oxygen atoms in total. The van der Waals surface area contributed by atoms with Crippen LogP contribution < -0.4 is 16.0 Å². The zero-order chi connectivity index (χ0) is 17.6. The van der Waals surface area contributed by atoms with E-state index in [-0.39, 0.29) is 29.8 Å². The molecule has 1 saturated carbocycles. The number of piperidine rings is 1. The van der Waals surface area contributed by atoms with Gasteiger partial charge in [-0.3, -0.25) is 14.4 Å². The van der Waals surface area contributed by atoms with Crippen LogP contribution in [0, 0.1) is 0 Å². The van der Waals surface area contributed by atoms with Gasteiger partial charge in [-0.25, -0.2) is 0 Å². The Bertz CT molecular complexity index is 632. The molecule has 1 aliphatic carbocycles. The van der Waals surface area contributed by atoms with Gasteiger partial charge >= 0.3 is 0 Å². The molecule has 134 valence electrons. The Hall–Kier alpha value is -2.37. The van der Waals surface area contributed by atoms with E-state index in [0.29, 0.717) is 18.4 Å². The van der Waals surface area contributed by atoms with E-state index >= 15 is 0 Å². The van der Waals surface area contributed by atoms with Crippen molar-refractivity contribution in [2.45, 2.75) is 63.1 Å². The van der Waals surface area contributed by atoms with Crippen molar-refractivity contribution in [2.75, 3.05) is 0 Å². The first kappa shape index (κ1) is 17.5. The van der Waals surface area contributed by atoms with Crippen molar-refractivity contribution < 1.29 is 14.4 Å². The third kappa shape index (κ3) is 4.59. The van der Waals surface area contributed by atoms with Crippen LogP contribution in [0.5, 0.6) is 0 Å². The van der Waals surface area contributed by atoms with Crippen LogP contribution in [0.1, 0.15) is 55.3 Å². The molecule has 0 unspecified atom stereocenters. The van der Waals surface area contributed by atoms with Gasteiger partial charge in [-0.2, -0.15) is 0 Å². The summed E-state index contributed by atoms with van der Waals surface area (Å²) in [6.07, 6.45) is 5.65. The fourth-order valence-electron chi connectivity index (χ4n) is 3.60. The van der Waals surface area contributed by atoms with Crippen LogP contribution in [0.3, 0.4) is 0 Å². The number of hydrogen-bond donors (Lipinski definition) is 3. The standard InChI is InChI=1S/C19H25N3O3/c23-17-12-6-11-16(20-17)19(25)22-15-10-5-4-9-14(15)21-18(24)13-7-2-1-3-8-13/h1-3,7-8,14-16H,4-6,9-12H2,(H,20,23)(H,21,24)(H,22,25)/t14-,15-,16-/m1/s1. The number of nitrogens with one attached hydrogen (secondary N) is 3. The minimum atomic E-state index is -0.450. The van der Waals surface area contributed by atoms with Gasteiger partial charge in [0.2, 0.25) is 11.8 Å². The van der Waals surface area contributed by atoms with Crippen molar-refractivity contribution in [3.05, 3.63) is 35.9 Å². The maximum atomic E-state index is 12.5. The Labute approximate surface area is 147 Å². The van der Waals surface area contributed by atoms with Crippen LogP contribution in [0.25, 0.3) is 0 Å². The van der Waals surface area contributed by atoms with Crippen molar-refractivity contribution in [1.29, 1.82) is 0 Å². The fraction of sp³-hybridized carbons (Fsp3) is 0.526. The quantitative estimate of drug-likeness (QED) is 0.774. The Morgan fingerprint density at radius 2 is 1.60 bits per heavy atom. The molecule has 1 aromatic rings. The number of carbonyl (C=O) groups is 3. The van der Waals surface area contributed by atoms with Crippen molar-refractivity contribution in [1.82, 2.24) is 16.0 Å². The monoisotopic (exact) mass is 343 g/mol. The predicted octanol–water partition coefficient (Wildman–Crippen LogP) is 1.51. The number of hydrogen-bond acceptors (Lipinski definition) is 3. The first-order chi connectivity index (χ1) is 12.1. The van der Waals surface area contributed by atoms with E-state index in [0.717, 1.165) is 32.1 Å². The Morgan fingerprint density at radius 1 is 0.920 bits per heavy atom. The highest BCUT2D eigenvalue weighted by molar-refractivity contribution is 5.94. The lowest BCUT2D eigenvalue weighted by Gasteiger charge is -2.34. The summed E-state index contributed by atoms with van der Waals surface area (Å²) in [5.74, 6) is -0.319. The lowest BCUT2D eigenvalue weighted by atomic mass is 9.89. The van der Waals surface area contributed by atoms with E-state index in [1.807, 2.05) is 18.2 Å². The average molecular weight is 343 g/mol. The van der Waals surface area contributed by atoms with Gasteiger partial charge in [0.25, 0.3) is 5.91 Å². The van der Waals surface area contributed by atoms with E-state index in [1.54, 1.807) is 12.1 Å². The molecule has 3 amide bonds. The SMILES string of the molecule is O=C1CCC[C@H](C(=O)N[C@@H]2CCCC[C@H]2NC(=O)c2ccccc2)N1. The summed E-state index contributed by atoms with van der Waals surface area (Å²) in [6.45, 7) is 0. The van der Waals surface area contributed by atoms with E-state index in [9.17, 15) is 14.4 Å². The van der Waals surface area contributed by atoms with E-state index < -0.39 is 6.04 Å². The van der Waals surface area contributed by atoms with Gasteiger partial charge < -0.3 is 16.0 Å². The van der Waals surface area contributed by atoms with Crippen LogP contribution in [0.2, 0.25) is 0 Å². The second-order valence-electron chi connectivity index (χ2n) is 6.86. The third-order valence-corrected chi connectivity index (χ3v) is 4.99. The summed E-state index contributed by atoms with van der Waals surface area (Å²) in [5, 5.41) is 8.86. The van der Waals surface area contributed by atoms with Crippen LogP contribution >= 0.6 is 0 Å². The van der Waals surface area contributed by atoms with Gasteiger partial charge in [0.05, 0.1) is 0 Å². The fourth-order valence-corrected chi connectivity index (χ4v) is 3.60. The first-order valence-electron chi connectivity index (χ1n) is 9.09. The zero-order valence-electron chi connectivity index (χ0n) is 14.3. The summed E-state index contributed by atoms with van der Waals surface area (Å²) < 4.78 is 0. The Balaban J connectivity index is 1.59. The molecule has 2 aliphatic rings. The molecule has 3 atom stereocenters. The van der Waals surface area contributed by atoms with Gasteiger partial charge in [0.15, 0.2) is 0 Å². The molecule has 25 heavy (non-hydrogen) atoms. The van der Waals surface area contributed by atoms with Crippen molar-refractivity contribution in [3.63, 3.8) is 0 Å². The van der Waals surface area contributed by atoms with Gasteiger partial charge in [-0.15, -0.1) is 0 Å². The molecule has 2 fully saturated rings. The van der Waals surface area contributed by atoms with E-state index in [2.05, 4.69) is 16.0 Å². The molecule has 1 heterocycles. The van der Waals surface area contributed by atoms with E-state index in [4.69, 9.17) is 0 Å². The molecule has 1 aliphatic heterocycles. The van der Waals surface area contributed by atoms with Crippen LogP contribution in [-0.2, 0) is 9.59 Å². The first-order valence-corrected chi connectivity index (χ1v) is 9.09.